The molecule has 0 unspecified atom stereocenters. The van der Waals surface area contributed by atoms with Gasteiger partial charge in [0.05, 0.1) is 5.25 Å². The lowest BCUT2D eigenvalue weighted by Gasteiger charge is -2.01. The van der Waals surface area contributed by atoms with E-state index in [-0.39, 0.29) is 5.25 Å². The zero-order valence-electron chi connectivity index (χ0n) is 6.88. The van der Waals surface area contributed by atoms with E-state index in [2.05, 4.69) is 0 Å². The van der Waals surface area contributed by atoms with Gasteiger partial charge in [0.15, 0.2) is 9.84 Å². The van der Waals surface area contributed by atoms with Gasteiger partial charge < -0.3 is 0 Å². The van der Waals surface area contributed by atoms with Crippen molar-refractivity contribution in [2.45, 2.75) is 32.9 Å². The van der Waals surface area contributed by atoms with Crippen LogP contribution in [0.3, 0.4) is 0 Å². The number of rotatable bonds is 2. The normalized spacial score (nSPS) is 11.7. The van der Waals surface area contributed by atoms with Crippen molar-refractivity contribution in [1.82, 2.24) is 0 Å². The Morgan fingerprint density at radius 1 is 1.30 bits per heavy atom. The maximum Gasteiger partial charge on any atom is 0.173 e. The van der Waals surface area contributed by atoms with Gasteiger partial charge in [-0.05, 0) is 27.7 Å². The summed E-state index contributed by atoms with van der Waals surface area (Å²) in [5.74, 6) is 0. The van der Waals surface area contributed by atoms with E-state index in [1.165, 1.54) is 5.41 Å². The van der Waals surface area contributed by atoms with Crippen molar-refractivity contribution in [1.29, 1.82) is 0 Å². The maximum absolute atomic E-state index is 11.1. The Balaban J connectivity index is 4.63. The molecule has 0 spiro atoms. The highest BCUT2D eigenvalue weighted by Crippen LogP contribution is 2.04. The maximum atomic E-state index is 11.1. The third-order valence-corrected chi connectivity index (χ3v) is 3.17. The molecule has 0 aromatic rings. The molecule has 0 aliphatic carbocycles. The molecule has 0 fully saturated rings. The van der Waals surface area contributed by atoms with E-state index in [9.17, 15) is 8.42 Å². The van der Waals surface area contributed by atoms with Gasteiger partial charge in [0.25, 0.3) is 0 Å². The first-order chi connectivity index (χ1) is 4.36. The first-order valence-electron chi connectivity index (χ1n) is 3.25. The topological polar surface area (TPSA) is 34.1 Å². The first-order valence-corrected chi connectivity index (χ1v) is 4.86. The highest BCUT2D eigenvalue weighted by atomic mass is 32.2. The van der Waals surface area contributed by atoms with Crippen LogP contribution in [-0.2, 0) is 9.84 Å². The van der Waals surface area contributed by atoms with Crippen molar-refractivity contribution in [3.63, 3.8) is 0 Å². The van der Waals surface area contributed by atoms with Crippen LogP contribution in [0.2, 0.25) is 0 Å². The van der Waals surface area contributed by atoms with Crippen molar-refractivity contribution in [2.24, 2.45) is 0 Å². The monoisotopic (exact) mass is 162 g/mol. The summed E-state index contributed by atoms with van der Waals surface area (Å²) < 4.78 is 22.1. The summed E-state index contributed by atoms with van der Waals surface area (Å²) in [6.45, 7) is 6.91. The van der Waals surface area contributed by atoms with Crippen LogP contribution in [0, 0.1) is 0 Å². The van der Waals surface area contributed by atoms with E-state index in [1.807, 2.05) is 0 Å². The molecule has 60 valence electrons. The zero-order valence-corrected chi connectivity index (χ0v) is 7.70. The lowest BCUT2D eigenvalue weighted by Crippen LogP contribution is -2.10. The van der Waals surface area contributed by atoms with Crippen LogP contribution in [-0.4, -0.2) is 13.7 Å². The minimum Gasteiger partial charge on any atom is -0.224 e. The highest BCUT2D eigenvalue weighted by Gasteiger charge is 2.11. The predicted octanol–water partition coefficient (Wildman–Crippen LogP) is 1.73. The Bertz CT molecular complexity index is 218. The van der Waals surface area contributed by atoms with Crippen LogP contribution in [0.5, 0.6) is 0 Å². The highest BCUT2D eigenvalue weighted by molar-refractivity contribution is 7.94. The second kappa shape index (κ2) is 3.19. The third-order valence-electron chi connectivity index (χ3n) is 1.06. The van der Waals surface area contributed by atoms with E-state index in [0.29, 0.717) is 0 Å². The molecule has 2 nitrogen and oxygen atoms in total. The second-order valence-electron chi connectivity index (χ2n) is 2.83. The second-order valence-corrected chi connectivity index (χ2v) is 5.19. The summed E-state index contributed by atoms with van der Waals surface area (Å²) in [4.78, 5) is 0. The Morgan fingerprint density at radius 3 is 1.80 bits per heavy atom. The summed E-state index contributed by atoms with van der Waals surface area (Å²) >= 11 is 0. The molecular weight excluding hydrogens is 148 g/mol. The van der Waals surface area contributed by atoms with Gasteiger partial charge in [-0.3, -0.25) is 0 Å². The van der Waals surface area contributed by atoms with Gasteiger partial charge in [-0.2, -0.15) is 0 Å². The molecule has 0 amide bonds. The van der Waals surface area contributed by atoms with E-state index < -0.39 is 9.84 Å². The van der Waals surface area contributed by atoms with Crippen LogP contribution in [0.4, 0.5) is 0 Å². The number of allylic oxidation sites excluding steroid dienone is 1. The van der Waals surface area contributed by atoms with E-state index in [0.717, 1.165) is 5.57 Å². The smallest absolute Gasteiger partial charge is 0.173 e. The number of hydrogen-bond acceptors (Lipinski definition) is 2. The fourth-order valence-corrected chi connectivity index (χ4v) is 1.39. The van der Waals surface area contributed by atoms with Gasteiger partial charge in [0.1, 0.15) is 0 Å². The number of sulfone groups is 1. The van der Waals surface area contributed by atoms with Gasteiger partial charge in [0, 0.05) is 5.41 Å². The van der Waals surface area contributed by atoms with Gasteiger partial charge in [0.2, 0.25) is 0 Å². The molecule has 0 bridgehead atoms. The van der Waals surface area contributed by atoms with Gasteiger partial charge in [-0.15, -0.1) is 0 Å². The Labute approximate surface area is 62.9 Å². The fraction of sp³-hybridized carbons (Fsp3) is 0.714. The average molecular weight is 162 g/mol. The lowest BCUT2D eigenvalue weighted by atomic mass is 10.4. The zero-order chi connectivity index (χ0) is 8.36. The van der Waals surface area contributed by atoms with Crippen LogP contribution in [0.1, 0.15) is 27.7 Å². The standard InChI is InChI=1S/C7H14O2S/c1-6(2)5-10(8,9)7(3)4/h5,7H,1-4H3. The fourth-order valence-electron chi connectivity index (χ4n) is 0.465. The molecule has 0 aliphatic rings. The van der Waals surface area contributed by atoms with E-state index >= 15 is 0 Å². The molecule has 0 radical (unpaired) electrons. The molecule has 0 aromatic heterocycles. The van der Waals surface area contributed by atoms with Gasteiger partial charge in [-0.1, -0.05) is 5.57 Å². The molecule has 0 aliphatic heterocycles. The van der Waals surface area contributed by atoms with E-state index in [4.69, 9.17) is 0 Å². The van der Waals surface area contributed by atoms with Crippen molar-refractivity contribution in [3.05, 3.63) is 11.0 Å². The SMILES string of the molecule is CC(C)=CS(=O)(=O)C(C)C. The van der Waals surface area contributed by atoms with Crippen molar-refractivity contribution in [2.75, 3.05) is 0 Å². The molecule has 0 rings (SSSR count). The largest absolute Gasteiger partial charge is 0.224 e. The van der Waals surface area contributed by atoms with Crippen molar-refractivity contribution < 1.29 is 8.42 Å². The lowest BCUT2D eigenvalue weighted by molar-refractivity contribution is 0.596. The van der Waals surface area contributed by atoms with Crippen LogP contribution in [0.25, 0.3) is 0 Å². The molecule has 0 atom stereocenters. The van der Waals surface area contributed by atoms with Gasteiger partial charge in [-0.25, -0.2) is 8.42 Å². The molecule has 0 N–H and O–H groups in total. The van der Waals surface area contributed by atoms with Crippen LogP contribution < -0.4 is 0 Å². The van der Waals surface area contributed by atoms with Crippen LogP contribution >= 0.6 is 0 Å². The minimum atomic E-state index is -2.96. The molecule has 0 saturated heterocycles. The molecule has 0 heterocycles. The molecule has 10 heavy (non-hydrogen) atoms. The average Bonchev–Trinajstić information content (AvgIpc) is 1.60. The third kappa shape index (κ3) is 3.01. The summed E-state index contributed by atoms with van der Waals surface area (Å²) in [6, 6.07) is 0. The quantitative estimate of drug-likeness (QED) is 0.619. The molecular formula is C7H14O2S. The summed E-state index contributed by atoms with van der Waals surface area (Å²) in [5.41, 5.74) is 0.828. The minimum absolute atomic E-state index is 0.303. The van der Waals surface area contributed by atoms with Crippen molar-refractivity contribution in [3.8, 4) is 0 Å². The van der Waals surface area contributed by atoms with E-state index in [1.54, 1.807) is 27.7 Å². The first kappa shape index (κ1) is 9.69. The predicted molar refractivity (Wildman–Crippen MR) is 43.5 cm³/mol. The summed E-state index contributed by atoms with van der Waals surface area (Å²) in [5, 5.41) is 1.01. The van der Waals surface area contributed by atoms with Crippen LogP contribution in [0.15, 0.2) is 11.0 Å². The molecule has 0 saturated carbocycles. The Kier molecular flexibility index (Phi) is 3.09. The molecule has 0 aromatic carbocycles. The van der Waals surface area contributed by atoms with Crippen molar-refractivity contribution >= 4 is 9.84 Å². The number of hydrogen-bond donors (Lipinski definition) is 0. The summed E-state index contributed by atoms with van der Waals surface area (Å²) in [7, 11) is -2.96. The summed E-state index contributed by atoms with van der Waals surface area (Å²) in [6.07, 6.45) is 0. The molecule has 3 heteroatoms. The van der Waals surface area contributed by atoms with Gasteiger partial charge >= 0.3 is 0 Å². The Morgan fingerprint density at radius 2 is 1.70 bits per heavy atom. The Hall–Kier alpha value is -0.310.